The van der Waals surface area contributed by atoms with Gasteiger partial charge in [0.25, 0.3) is 6.71 Å². The summed E-state index contributed by atoms with van der Waals surface area (Å²) in [6, 6.07) is 98.2. The molecule has 0 radical (unpaired) electrons. The van der Waals surface area contributed by atoms with Crippen LogP contribution in [-0.2, 0) is 6.18 Å². The Kier molecular flexibility index (Phi) is 12.5. The second kappa shape index (κ2) is 20.9. The molecule has 14 aromatic rings. The molecule has 3 nitrogen and oxygen atoms in total. The van der Waals surface area contributed by atoms with Gasteiger partial charge in [0.1, 0.15) is 11.6 Å². The van der Waals surface area contributed by atoms with Crippen molar-refractivity contribution in [2.75, 3.05) is 9.80 Å². The Hall–Kier alpha value is -11.0. The van der Waals surface area contributed by atoms with Crippen LogP contribution in [0.3, 0.4) is 0 Å². The predicted octanol–water partition coefficient (Wildman–Crippen LogP) is 20.2. The first-order valence-electron chi connectivity index (χ1n) is 29.3. The van der Waals surface area contributed by atoms with E-state index in [4.69, 9.17) is 0 Å². The summed E-state index contributed by atoms with van der Waals surface area (Å²) in [6.07, 6.45) is -4.78. The smallest absolute Gasteiger partial charge is 0.311 e. The van der Waals surface area contributed by atoms with Crippen molar-refractivity contribution in [2.24, 2.45) is 0 Å². The number of fused-ring (bicyclic) bond motifs is 7. The van der Waals surface area contributed by atoms with E-state index in [1.807, 2.05) is 65.2 Å². The van der Waals surface area contributed by atoms with Crippen molar-refractivity contribution in [3.05, 3.63) is 314 Å². The number of anilines is 6. The highest BCUT2D eigenvalue weighted by molar-refractivity contribution is 7.00. The van der Waals surface area contributed by atoms with E-state index < -0.39 is 28.9 Å². The van der Waals surface area contributed by atoms with E-state index in [1.54, 1.807) is 0 Å². The van der Waals surface area contributed by atoms with Crippen LogP contribution in [0.4, 0.5) is 56.1 Å². The highest BCUT2D eigenvalue weighted by Crippen LogP contribution is 2.49. The molecule has 0 bridgehead atoms. The minimum Gasteiger partial charge on any atom is -0.311 e. The Morgan fingerprint density at radius 3 is 1.20 bits per heavy atom. The number of alkyl halides is 3. The lowest BCUT2D eigenvalue weighted by Crippen LogP contribution is -2.61. The topological polar surface area (TPSA) is 11.4 Å². The third-order valence-electron chi connectivity index (χ3n) is 17.5. The summed E-state index contributed by atoms with van der Waals surface area (Å²) in [5.74, 6) is -1.94. The summed E-state index contributed by atoms with van der Waals surface area (Å²) < 4.78 is 77.3. The van der Waals surface area contributed by atoms with Crippen LogP contribution in [0.1, 0.15) is 5.56 Å². The Morgan fingerprint density at radius 1 is 0.295 bits per heavy atom. The first kappa shape index (κ1) is 52.5. The van der Waals surface area contributed by atoms with Gasteiger partial charge in [0.2, 0.25) is 0 Å². The van der Waals surface area contributed by atoms with Crippen molar-refractivity contribution >= 4 is 79.0 Å². The van der Waals surface area contributed by atoms with Crippen LogP contribution in [0.2, 0.25) is 0 Å². The molecular formula is C79H49BF5N3. The molecule has 0 atom stereocenters. The zero-order valence-corrected chi connectivity index (χ0v) is 47.1. The van der Waals surface area contributed by atoms with Gasteiger partial charge in [0, 0.05) is 50.5 Å². The number of nitrogens with zero attached hydrogens (tertiary/aromatic N) is 3. The average Bonchev–Trinajstić information content (AvgIpc) is 1.04. The van der Waals surface area contributed by atoms with E-state index in [2.05, 4.69) is 210 Å². The molecule has 13 aromatic carbocycles. The van der Waals surface area contributed by atoms with Gasteiger partial charge in [-0.25, -0.2) is 8.78 Å². The second-order valence-corrected chi connectivity index (χ2v) is 22.5. The molecule has 9 heteroatoms. The molecule has 0 unspecified atom stereocenters. The Balaban J connectivity index is 0.969. The van der Waals surface area contributed by atoms with E-state index in [0.717, 1.165) is 141 Å². The maximum atomic E-state index is 15.9. The van der Waals surface area contributed by atoms with Crippen molar-refractivity contribution in [1.82, 2.24) is 4.57 Å². The minimum atomic E-state index is -4.78. The van der Waals surface area contributed by atoms with Gasteiger partial charge in [-0.3, -0.25) is 0 Å². The van der Waals surface area contributed by atoms with Gasteiger partial charge in [-0.15, -0.1) is 0 Å². The standard InChI is InChI=1S/C79H49BF5N3/c81-68-25-15-26-69(82)77(68)65-49-60(79(83,84)85)35-43-72(65)88-70-27-14-13-24-63(70)64-44-56(32-40-71(64)88)59-47-75-78-76(48-59)87(62-38-30-55(31-39-62)51-18-7-2-8-19-51)74-42-34-58(53-22-11-4-12-23-53)46-67(74)80(78)66-45-57(52-20-9-3-10-21-52)33-41-73(66)86(75)61-36-28-54(29-37-61)50-16-5-1-6-17-50/h1-49H. The average molecular weight is 1150 g/mol. The molecule has 1 aromatic heterocycles. The Morgan fingerprint density at radius 2 is 0.705 bits per heavy atom. The molecular weight excluding hydrogens is 1100 g/mol. The normalized spacial score (nSPS) is 12.5. The van der Waals surface area contributed by atoms with E-state index in [0.29, 0.717) is 11.0 Å². The van der Waals surface area contributed by atoms with Crippen LogP contribution >= 0.6 is 0 Å². The number of benzene rings is 13. The van der Waals surface area contributed by atoms with E-state index in [1.165, 1.54) is 12.1 Å². The first-order valence-corrected chi connectivity index (χ1v) is 29.3. The zero-order chi connectivity index (χ0) is 59.2. The Labute approximate surface area is 505 Å². The lowest BCUT2D eigenvalue weighted by molar-refractivity contribution is -0.137. The molecule has 16 rings (SSSR count). The molecule has 2 aliphatic rings. The molecule has 0 saturated carbocycles. The first-order chi connectivity index (χ1) is 43.1. The predicted molar refractivity (Wildman–Crippen MR) is 352 cm³/mol. The lowest BCUT2D eigenvalue weighted by atomic mass is 9.33. The van der Waals surface area contributed by atoms with Crippen LogP contribution in [0.5, 0.6) is 0 Å². The monoisotopic (exact) mass is 1150 g/mol. The third kappa shape index (κ3) is 8.80. The summed E-state index contributed by atoms with van der Waals surface area (Å²) in [6.45, 7) is -0.242. The van der Waals surface area contributed by atoms with Crippen molar-refractivity contribution < 1.29 is 22.0 Å². The van der Waals surface area contributed by atoms with Gasteiger partial charge in [-0.05, 0) is 169 Å². The third-order valence-corrected chi connectivity index (χ3v) is 17.5. The number of hydrogen-bond donors (Lipinski definition) is 0. The summed E-state index contributed by atoms with van der Waals surface area (Å²) >= 11 is 0. The van der Waals surface area contributed by atoms with Crippen LogP contribution in [-0.4, -0.2) is 11.3 Å². The van der Waals surface area contributed by atoms with Gasteiger partial charge in [-0.1, -0.05) is 200 Å². The van der Waals surface area contributed by atoms with Crippen molar-refractivity contribution in [1.29, 1.82) is 0 Å². The molecule has 0 spiro atoms. The van der Waals surface area contributed by atoms with E-state index >= 15 is 8.78 Å². The summed E-state index contributed by atoms with van der Waals surface area (Å²) in [4.78, 5) is 4.83. The molecule has 0 amide bonds. The van der Waals surface area contributed by atoms with E-state index in [9.17, 15) is 13.2 Å². The molecule has 418 valence electrons. The molecule has 3 heterocycles. The molecule has 0 saturated heterocycles. The SMILES string of the molecule is Fc1cccc(F)c1-c1cc(C(F)(F)F)ccc1-n1c2ccccc2c2cc(-c3cc4c5c(c3)N(c3ccc(-c6ccccc6)cc3)c3ccc(-c6ccccc6)cc3B5c3cc(-c5ccccc5)ccc3N4c3ccc(-c4ccccc4)cc3)ccc21. The molecule has 0 aliphatic carbocycles. The number of hydrogen-bond acceptors (Lipinski definition) is 2. The fourth-order valence-electron chi connectivity index (χ4n) is 13.5. The largest absolute Gasteiger partial charge is 0.416 e. The van der Waals surface area contributed by atoms with Gasteiger partial charge in [0.15, 0.2) is 0 Å². The zero-order valence-electron chi connectivity index (χ0n) is 47.1. The van der Waals surface area contributed by atoms with Crippen LogP contribution in [0.15, 0.2) is 297 Å². The van der Waals surface area contributed by atoms with E-state index in [-0.39, 0.29) is 18.0 Å². The number of para-hydroxylation sites is 1. The number of rotatable bonds is 9. The molecule has 0 N–H and O–H groups in total. The summed E-state index contributed by atoms with van der Waals surface area (Å²) in [7, 11) is 0. The highest BCUT2D eigenvalue weighted by Gasteiger charge is 2.44. The summed E-state index contributed by atoms with van der Waals surface area (Å²) in [5.41, 5.74) is 19.9. The Bertz CT molecular complexity index is 4810. The fraction of sp³-hybridized carbons (Fsp3) is 0.0127. The second-order valence-electron chi connectivity index (χ2n) is 22.5. The maximum absolute atomic E-state index is 15.9. The maximum Gasteiger partial charge on any atom is 0.416 e. The minimum absolute atomic E-state index is 0.200. The number of aromatic nitrogens is 1. The van der Waals surface area contributed by atoms with Crippen LogP contribution in [0, 0.1) is 11.6 Å². The van der Waals surface area contributed by atoms with Crippen LogP contribution in [0.25, 0.3) is 94.3 Å². The molecule has 88 heavy (non-hydrogen) atoms. The lowest BCUT2D eigenvalue weighted by Gasteiger charge is -2.44. The van der Waals surface area contributed by atoms with Crippen molar-refractivity contribution in [2.45, 2.75) is 6.18 Å². The van der Waals surface area contributed by atoms with Gasteiger partial charge >= 0.3 is 6.18 Å². The molecule has 0 fully saturated rings. The summed E-state index contributed by atoms with van der Waals surface area (Å²) in [5, 5.41) is 1.61. The van der Waals surface area contributed by atoms with Crippen molar-refractivity contribution in [3.63, 3.8) is 0 Å². The van der Waals surface area contributed by atoms with Gasteiger partial charge < -0.3 is 14.4 Å². The fourth-order valence-corrected chi connectivity index (χ4v) is 13.5. The van der Waals surface area contributed by atoms with Crippen LogP contribution < -0.4 is 26.2 Å². The van der Waals surface area contributed by atoms with Gasteiger partial charge in [0.05, 0.1) is 27.8 Å². The van der Waals surface area contributed by atoms with Crippen molar-refractivity contribution in [3.8, 4) is 72.4 Å². The molecule has 2 aliphatic heterocycles. The number of halogens is 5. The quantitative estimate of drug-likeness (QED) is 0.105. The highest BCUT2D eigenvalue weighted by atomic mass is 19.4. The van der Waals surface area contributed by atoms with Gasteiger partial charge in [-0.2, -0.15) is 13.2 Å².